The SMILES string of the molecule is CCN(CC)C(=O)[C@]1(c2ccc3ccccc3c2)C[C@@H]1CN. The normalized spacial score (nSPS) is 23.5. The van der Waals surface area contributed by atoms with Gasteiger partial charge in [0.05, 0.1) is 5.41 Å². The molecule has 0 unspecified atom stereocenters. The van der Waals surface area contributed by atoms with Crippen molar-refractivity contribution >= 4 is 16.7 Å². The van der Waals surface area contributed by atoms with Crippen molar-refractivity contribution in [1.82, 2.24) is 4.90 Å². The van der Waals surface area contributed by atoms with Crippen LogP contribution in [-0.2, 0) is 10.2 Å². The number of hydrogen-bond donors (Lipinski definition) is 1. The summed E-state index contributed by atoms with van der Waals surface area (Å²) in [6.07, 6.45) is 0.872. The molecule has 1 saturated carbocycles. The van der Waals surface area contributed by atoms with E-state index in [0.29, 0.717) is 6.54 Å². The molecule has 0 bridgehead atoms. The molecule has 2 aromatic rings. The monoisotopic (exact) mass is 296 g/mol. The average molecular weight is 296 g/mol. The van der Waals surface area contributed by atoms with Crippen molar-refractivity contribution in [3.8, 4) is 0 Å². The molecule has 116 valence electrons. The van der Waals surface area contributed by atoms with Crippen molar-refractivity contribution < 1.29 is 4.79 Å². The largest absolute Gasteiger partial charge is 0.342 e. The van der Waals surface area contributed by atoms with Crippen LogP contribution >= 0.6 is 0 Å². The smallest absolute Gasteiger partial charge is 0.233 e. The molecule has 0 saturated heterocycles. The quantitative estimate of drug-likeness (QED) is 0.922. The van der Waals surface area contributed by atoms with Gasteiger partial charge in [-0.05, 0) is 49.1 Å². The minimum absolute atomic E-state index is 0.239. The minimum Gasteiger partial charge on any atom is -0.342 e. The van der Waals surface area contributed by atoms with Gasteiger partial charge in [0, 0.05) is 13.1 Å². The summed E-state index contributed by atoms with van der Waals surface area (Å²) >= 11 is 0. The van der Waals surface area contributed by atoms with Gasteiger partial charge in [0.25, 0.3) is 0 Å². The number of fused-ring (bicyclic) bond motifs is 1. The maximum Gasteiger partial charge on any atom is 0.233 e. The molecule has 22 heavy (non-hydrogen) atoms. The topological polar surface area (TPSA) is 46.3 Å². The van der Waals surface area contributed by atoms with E-state index < -0.39 is 5.41 Å². The van der Waals surface area contributed by atoms with Crippen LogP contribution in [0.2, 0.25) is 0 Å². The molecule has 1 aliphatic rings. The van der Waals surface area contributed by atoms with Crippen LogP contribution in [0.25, 0.3) is 10.8 Å². The third-order valence-electron chi connectivity index (χ3n) is 5.09. The lowest BCUT2D eigenvalue weighted by Gasteiger charge is -2.26. The lowest BCUT2D eigenvalue weighted by molar-refractivity contribution is -0.134. The van der Waals surface area contributed by atoms with Crippen molar-refractivity contribution in [3.63, 3.8) is 0 Å². The molecule has 2 N–H and O–H groups in total. The molecule has 0 aliphatic heterocycles. The third kappa shape index (κ3) is 2.20. The van der Waals surface area contributed by atoms with Crippen molar-refractivity contribution in [2.24, 2.45) is 11.7 Å². The van der Waals surface area contributed by atoms with Crippen LogP contribution in [0.5, 0.6) is 0 Å². The number of rotatable bonds is 5. The number of hydrogen-bond acceptors (Lipinski definition) is 2. The molecule has 0 spiro atoms. The summed E-state index contributed by atoms with van der Waals surface area (Å²) < 4.78 is 0. The minimum atomic E-state index is -0.398. The molecule has 0 aromatic heterocycles. The lowest BCUT2D eigenvalue weighted by Crippen LogP contribution is -2.40. The molecule has 1 amide bonds. The maximum atomic E-state index is 13.1. The van der Waals surface area contributed by atoms with Crippen LogP contribution in [0.4, 0.5) is 0 Å². The average Bonchev–Trinajstić information content (AvgIpc) is 3.31. The number of benzene rings is 2. The predicted octanol–water partition coefficient (Wildman–Crippen LogP) is 2.92. The highest BCUT2D eigenvalue weighted by atomic mass is 16.2. The van der Waals surface area contributed by atoms with Gasteiger partial charge in [-0.3, -0.25) is 4.79 Å². The number of carbonyl (C=O) groups is 1. The van der Waals surface area contributed by atoms with Gasteiger partial charge >= 0.3 is 0 Å². The van der Waals surface area contributed by atoms with Crippen LogP contribution in [0.1, 0.15) is 25.8 Å². The second-order valence-corrected chi connectivity index (χ2v) is 6.15. The number of likely N-dealkylation sites (N-methyl/N-ethyl adjacent to an activating group) is 1. The summed E-state index contributed by atoms with van der Waals surface area (Å²) in [4.78, 5) is 15.0. The molecule has 2 aromatic carbocycles. The second-order valence-electron chi connectivity index (χ2n) is 6.15. The molecule has 2 atom stereocenters. The third-order valence-corrected chi connectivity index (χ3v) is 5.09. The fourth-order valence-corrected chi connectivity index (χ4v) is 3.61. The summed E-state index contributed by atoms with van der Waals surface area (Å²) in [5.41, 5.74) is 6.64. The van der Waals surface area contributed by atoms with Gasteiger partial charge in [0.15, 0.2) is 0 Å². The van der Waals surface area contributed by atoms with Crippen LogP contribution < -0.4 is 5.73 Å². The number of nitrogens with two attached hydrogens (primary N) is 1. The molecule has 3 rings (SSSR count). The highest BCUT2D eigenvalue weighted by Gasteiger charge is 2.61. The first-order valence-corrected chi connectivity index (χ1v) is 8.16. The number of nitrogens with zero attached hydrogens (tertiary/aromatic N) is 1. The molecule has 0 heterocycles. The molecule has 3 heteroatoms. The van der Waals surface area contributed by atoms with Crippen molar-refractivity contribution in [1.29, 1.82) is 0 Å². The Hall–Kier alpha value is -1.87. The predicted molar refractivity (Wildman–Crippen MR) is 90.7 cm³/mol. The fourth-order valence-electron chi connectivity index (χ4n) is 3.61. The number of carbonyl (C=O) groups excluding carboxylic acids is 1. The number of amides is 1. The highest BCUT2D eigenvalue weighted by molar-refractivity contribution is 5.94. The highest BCUT2D eigenvalue weighted by Crippen LogP contribution is 2.55. The van der Waals surface area contributed by atoms with E-state index >= 15 is 0 Å². The maximum absolute atomic E-state index is 13.1. The molecule has 3 nitrogen and oxygen atoms in total. The van der Waals surface area contributed by atoms with Crippen LogP contribution in [-0.4, -0.2) is 30.4 Å². The van der Waals surface area contributed by atoms with E-state index in [4.69, 9.17) is 5.73 Å². The van der Waals surface area contributed by atoms with E-state index in [9.17, 15) is 4.79 Å². The van der Waals surface area contributed by atoms with Gasteiger partial charge in [0.1, 0.15) is 0 Å². The van der Waals surface area contributed by atoms with Crippen LogP contribution in [0.15, 0.2) is 42.5 Å². The van der Waals surface area contributed by atoms with E-state index in [1.807, 2.05) is 30.9 Å². The molecule has 1 aliphatic carbocycles. The fraction of sp³-hybridized carbons (Fsp3) is 0.421. The second kappa shape index (κ2) is 5.73. The van der Waals surface area contributed by atoms with E-state index in [-0.39, 0.29) is 11.8 Å². The summed E-state index contributed by atoms with van der Waals surface area (Å²) in [5, 5.41) is 2.40. The van der Waals surface area contributed by atoms with E-state index in [2.05, 4.69) is 30.3 Å². The van der Waals surface area contributed by atoms with Gasteiger partial charge in [-0.25, -0.2) is 0 Å². The zero-order valence-corrected chi connectivity index (χ0v) is 13.4. The zero-order valence-electron chi connectivity index (χ0n) is 13.4. The Labute approximate surface area is 132 Å². The van der Waals surface area contributed by atoms with E-state index in [1.54, 1.807) is 0 Å². The Morgan fingerprint density at radius 2 is 1.86 bits per heavy atom. The summed E-state index contributed by atoms with van der Waals surface area (Å²) in [7, 11) is 0. The summed E-state index contributed by atoms with van der Waals surface area (Å²) in [5.74, 6) is 0.505. The first kappa shape index (κ1) is 15.0. The molecular formula is C19H24N2O. The van der Waals surface area contributed by atoms with E-state index in [1.165, 1.54) is 10.8 Å². The van der Waals surface area contributed by atoms with Gasteiger partial charge in [-0.15, -0.1) is 0 Å². The van der Waals surface area contributed by atoms with Gasteiger partial charge in [-0.1, -0.05) is 42.5 Å². The molecule has 1 fully saturated rings. The molecular weight excluding hydrogens is 272 g/mol. The Kier molecular flexibility index (Phi) is 3.92. The summed E-state index contributed by atoms with van der Waals surface area (Å²) in [6, 6.07) is 14.7. The van der Waals surface area contributed by atoms with Crippen LogP contribution in [0.3, 0.4) is 0 Å². The Bertz CT molecular complexity index is 693. The Balaban J connectivity index is 2.05. The van der Waals surface area contributed by atoms with Gasteiger partial charge in [-0.2, -0.15) is 0 Å². The van der Waals surface area contributed by atoms with Crippen molar-refractivity contribution in [2.45, 2.75) is 25.7 Å². The van der Waals surface area contributed by atoms with Crippen molar-refractivity contribution in [3.05, 3.63) is 48.0 Å². The Morgan fingerprint density at radius 1 is 1.18 bits per heavy atom. The van der Waals surface area contributed by atoms with Crippen LogP contribution in [0, 0.1) is 5.92 Å². The zero-order chi connectivity index (χ0) is 15.7. The van der Waals surface area contributed by atoms with Gasteiger partial charge in [0.2, 0.25) is 5.91 Å². The van der Waals surface area contributed by atoms with Gasteiger partial charge < -0.3 is 10.6 Å². The van der Waals surface area contributed by atoms with E-state index in [0.717, 1.165) is 25.1 Å². The first-order valence-electron chi connectivity index (χ1n) is 8.16. The van der Waals surface area contributed by atoms with Crippen molar-refractivity contribution in [2.75, 3.05) is 19.6 Å². The lowest BCUT2D eigenvalue weighted by atomic mass is 9.89. The first-order chi connectivity index (χ1) is 10.7. The Morgan fingerprint density at radius 3 is 2.45 bits per heavy atom. The standard InChI is InChI=1S/C19H24N2O/c1-3-21(4-2)18(22)19(12-17(19)13-20)16-10-9-14-7-5-6-8-15(14)11-16/h5-11,17H,3-4,12-13,20H2,1-2H3/t17-,19+/m1/s1. The molecule has 0 radical (unpaired) electrons. The summed E-state index contributed by atoms with van der Waals surface area (Å²) in [6.45, 7) is 6.15.